The zero-order valence-corrected chi connectivity index (χ0v) is 15.3. The number of carbonyl (C=O) groups is 1. The Hall–Kier alpha value is -2.46. The van der Waals surface area contributed by atoms with Crippen LogP contribution in [0.15, 0.2) is 59.7 Å². The molecule has 0 saturated carbocycles. The van der Waals surface area contributed by atoms with Crippen molar-refractivity contribution in [1.82, 2.24) is 9.91 Å². The van der Waals surface area contributed by atoms with Gasteiger partial charge in [0, 0.05) is 6.42 Å². The van der Waals surface area contributed by atoms with Crippen LogP contribution in [0, 0.1) is 6.92 Å². The molecule has 2 heterocycles. The molecule has 2 aliphatic heterocycles. The number of hydrazone groups is 1. The zero-order chi connectivity index (χ0) is 17.9. The lowest BCUT2D eigenvalue weighted by molar-refractivity contribution is -0.134. The lowest BCUT2D eigenvalue weighted by atomic mass is 9.98. The third-order valence-electron chi connectivity index (χ3n) is 5.29. The quantitative estimate of drug-likeness (QED) is 0.844. The van der Waals surface area contributed by atoms with Crippen LogP contribution in [0.5, 0.6) is 0 Å². The molecular formula is C22H25N3O. The minimum Gasteiger partial charge on any atom is -0.294 e. The number of rotatable bonds is 4. The van der Waals surface area contributed by atoms with Gasteiger partial charge in [-0.15, -0.1) is 0 Å². The number of likely N-dealkylation sites (tertiary alicyclic amines) is 1. The van der Waals surface area contributed by atoms with Crippen LogP contribution in [-0.4, -0.2) is 41.2 Å². The van der Waals surface area contributed by atoms with E-state index in [9.17, 15) is 4.79 Å². The third kappa shape index (κ3) is 3.56. The molecule has 0 bridgehead atoms. The summed E-state index contributed by atoms with van der Waals surface area (Å²) in [6, 6.07) is 18.6. The van der Waals surface area contributed by atoms with Crippen molar-refractivity contribution in [3.05, 3.63) is 71.3 Å². The molecule has 4 rings (SSSR count). The third-order valence-corrected chi connectivity index (χ3v) is 5.29. The number of hydrogen-bond acceptors (Lipinski definition) is 3. The van der Waals surface area contributed by atoms with Gasteiger partial charge in [0.05, 0.1) is 18.3 Å². The van der Waals surface area contributed by atoms with Crippen molar-refractivity contribution in [2.75, 3.05) is 19.6 Å². The lowest BCUT2D eigenvalue weighted by Gasteiger charge is -2.24. The predicted molar refractivity (Wildman–Crippen MR) is 104 cm³/mol. The molecule has 2 aromatic rings. The summed E-state index contributed by atoms with van der Waals surface area (Å²) < 4.78 is 0. The first-order valence-electron chi connectivity index (χ1n) is 9.44. The highest BCUT2D eigenvalue weighted by Crippen LogP contribution is 2.33. The van der Waals surface area contributed by atoms with Crippen molar-refractivity contribution < 1.29 is 4.79 Å². The summed E-state index contributed by atoms with van der Waals surface area (Å²) in [6.45, 7) is 4.59. The molecule has 2 aromatic carbocycles. The van der Waals surface area contributed by atoms with Crippen molar-refractivity contribution in [1.29, 1.82) is 0 Å². The Morgan fingerprint density at radius 1 is 1.04 bits per heavy atom. The fourth-order valence-electron chi connectivity index (χ4n) is 3.80. The highest BCUT2D eigenvalue weighted by Gasteiger charge is 2.33. The van der Waals surface area contributed by atoms with E-state index < -0.39 is 0 Å². The predicted octanol–water partition coefficient (Wildman–Crippen LogP) is 3.77. The number of aryl methyl sites for hydroxylation is 1. The van der Waals surface area contributed by atoms with Gasteiger partial charge in [-0.1, -0.05) is 60.2 Å². The van der Waals surface area contributed by atoms with Crippen LogP contribution in [0.4, 0.5) is 0 Å². The summed E-state index contributed by atoms with van der Waals surface area (Å²) in [5, 5.41) is 6.48. The largest absolute Gasteiger partial charge is 0.294 e. The fourth-order valence-corrected chi connectivity index (χ4v) is 3.80. The van der Waals surface area contributed by atoms with E-state index in [1.165, 1.54) is 18.4 Å². The maximum Gasteiger partial charge on any atom is 0.257 e. The molecule has 26 heavy (non-hydrogen) atoms. The number of hydrogen-bond donors (Lipinski definition) is 0. The highest BCUT2D eigenvalue weighted by molar-refractivity contribution is 6.03. The molecule has 2 aliphatic rings. The van der Waals surface area contributed by atoms with Crippen molar-refractivity contribution in [2.45, 2.75) is 32.2 Å². The average Bonchev–Trinajstić information content (AvgIpc) is 3.33. The Balaban J connectivity index is 1.61. The van der Waals surface area contributed by atoms with Crippen molar-refractivity contribution >= 4 is 11.6 Å². The topological polar surface area (TPSA) is 35.9 Å². The van der Waals surface area contributed by atoms with Gasteiger partial charge in [-0.05, 0) is 44.0 Å². The van der Waals surface area contributed by atoms with Gasteiger partial charge in [0.2, 0.25) is 0 Å². The SMILES string of the molecule is Cc1ccc(C2CC(c3ccccc3)=NN2C(=O)CN2CCCC2)cc1. The van der Waals surface area contributed by atoms with Crippen molar-refractivity contribution in [3.63, 3.8) is 0 Å². The molecule has 1 unspecified atom stereocenters. The highest BCUT2D eigenvalue weighted by atomic mass is 16.2. The maximum absolute atomic E-state index is 13.0. The molecule has 0 spiro atoms. The standard InChI is InChI=1S/C22H25N3O/c1-17-9-11-19(12-10-17)21-15-20(18-7-3-2-4-8-18)23-25(21)22(26)16-24-13-5-6-14-24/h2-4,7-12,21H,5-6,13-16H2,1H3. The second-order valence-corrected chi connectivity index (χ2v) is 7.26. The summed E-state index contributed by atoms with van der Waals surface area (Å²) in [5.74, 6) is 0.100. The number of amides is 1. The van der Waals surface area contributed by atoms with E-state index in [0.29, 0.717) is 6.54 Å². The monoisotopic (exact) mass is 347 g/mol. The van der Waals surface area contributed by atoms with Gasteiger partial charge in [0.25, 0.3) is 5.91 Å². The Morgan fingerprint density at radius 2 is 1.73 bits per heavy atom. The molecule has 134 valence electrons. The Labute approximate surface area is 155 Å². The van der Waals surface area contributed by atoms with E-state index in [1.807, 2.05) is 18.2 Å². The van der Waals surface area contributed by atoms with E-state index in [0.717, 1.165) is 36.3 Å². The number of carbonyl (C=O) groups excluding carboxylic acids is 1. The molecule has 0 radical (unpaired) electrons. The normalized spacial score (nSPS) is 20.4. The summed E-state index contributed by atoms with van der Waals surface area (Å²) in [4.78, 5) is 15.2. The van der Waals surface area contributed by atoms with Crippen LogP contribution in [0.25, 0.3) is 0 Å². The van der Waals surface area contributed by atoms with Crippen LogP contribution in [0.2, 0.25) is 0 Å². The van der Waals surface area contributed by atoms with E-state index in [1.54, 1.807) is 5.01 Å². The van der Waals surface area contributed by atoms with Gasteiger partial charge >= 0.3 is 0 Å². The smallest absolute Gasteiger partial charge is 0.257 e. The van der Waals surface area contributed by atoms with Crippen LogP contribution in [0.1, 0.15) is 42.0 Å². The molecule has 1 fully saturated rings. The van der Waals surface area contributed by atoms with Crippen molar-refractivity contribution in [3.8, 4) is 0 Å². The molecule has 1 amide bonds. The Bertz CT molecular complexity index is 792. The van der Waals surface area contributed by atoms with Gasteiger partial charge in [-0.25, -0.2) is 5.01 Å². The summed E-state index contributed by atoms with van der Waals surface area (Å²) >= 11 is 0. The minimum atomic E-state index is -0.0130. The van der Waals surface area contributed by atoms with Gasteiger partial charge < -0.3 is 0 Å². The second kappa shape index (κ2) is 7.42. The van der Waals surface area contributed by atoms with Crippen LogP contribution >= 0.6 is 0 Å². The zero-order valence-electron chi connectivity index (χ0n) is 15.3. The van der Waals surface area contributed by atoms with Crippen LogP contribution < -0.4 is 0 Å². The van der Waals surface area contributed by atoms with E-state index in [2.05, 4.69) is 48.2 Å². The van der Waals surface area contributed by atoms with Crippen molar-refractivity contribution in [2.24, 2.45) is 5.10 Å². The Morgan fingerprint density at radius 3 is 2.42 bits per heavy atom. The molecule has 1 saturated heterocycles. The first-order chi connectivity index (χ1) is 12.7. The van der Waals surface area contributed by atoms with Gasteiger partial charge in [-0.3, -0.25) is 9.69 Å². The summed E-state index contributed by atoms with van der Waals surface area (Å²) in [5.41, 5.74) is 4.47. The first-order valence-corrected chi connectivity index (χ1v) is 9.44. The van der Waals surface area contributed by atoms with E-state index in [4.69, 9.17) is 5.10 Å². The lowest BCUT2D eigenvalue weighted by Crippen LogP contribution is -2.36. The first kappa shape index (κ1) is 17.0. The minimum absolute atomic E-state index is 0.0130. The molecule has 4 heteroatoms. The molecule has 0 aliphatic carbocycles. The number of nitrogens with zero attached hydrogens (tertiary/aromatic N) is 3. The van der Waals surface area contributed by atoms with Gasteiger partial charge in [-0.2, -0.15) is 5.10 Å². The summed E-state index contributed by atoms with van der Waals surface area (Å²) in [6.07, 6.45) is 3.14. The van der Waals surface area contributed by atoms with Crippen LogP contribution in [0.3, 0.4) is 0 Å². The van der Waals surface area contributed by atoms with E-state index >= 15 is 0 Å². The Kier molecular flexibility index (Phi) is 4.85. The summed E-state index contributed by atoms with van der Waals surface area (Å²) in [7, 11) is 0. The van der Waals surface area contributed by atoms with Gasteiger partial charge in [0.1, 0.15) is 0 Å². The van der Waals surface area contributed by atoms with E-state index in [-0.39, 0.29) is 11.9 Å². The fraction of sp³-hybridized carbons (Fsp3) is 0.364. The van der Waals surface area contributed by atoms with Gasteiger partial charge in [0.15, 0.2) is 0 Å². The molecule has 4 nitrogen and oxygen atoms in total. The molecule has 1 atom stereocenters. The molecule has 0 N–H and O–H groups in total. The average molecular weight is 347 g/mol. The maximum atomic E-state index is 13.0. The second-order valence-electron chi connectivity index (χ2n) is 7.26. The molecular weight excluding hydrogens is 322 g/mol. The molecule has 0 aromatic heterocycles. The number of benzene rings is 2. The van der Waals surface area contributed by atoms with Crippen LogP contribution in [-0.2, 0) is 4.79 Å².